The van der Waals surface area contributed by atoms with Gasteiger partial charge in [0.15, 0.2) is 10.8 Å². The van der Waals surface area contributed by atoms with Gasteiger partial charge in [0.2, 0.25) is 0 Å². The first-order valence-corrected chi connectivity index (χ1v) is 8.03. The van der Waals surface area contributed by atoms with E-state index in [0.29, 0.717) is 16.5 Å². The summed E-state index contributed by atoms with van der Waals surface area (Å²) in [6.45, 7) is -0.0199. The second-order valence-corrected chi connectivity index (χ2v) is 6.33. The molecule has 1 aliphatic rings. The molecule has 2 heterocycles. The molecule has 1 amide bonds. The lowest BCUT2D eigenvalue weighted by atomic mass is 9.82. The number of aromatic nitrogens is 1. The molecule has 2 aromatic rings. The minimum Gasteiger partial charge on any atom is -0.462 e. The molecule has 0 aliphatic heterocycles. The predicted molar refractivity (Wildman–Crippen MR) is 80.2 cm³/mol. The maximum Gasteiger partial charge on any atom is 0.271 e. The van der Waals surface area contributed by atoms with Gasteiger partial charge in [0, 0.05) is 5.38 Å². The van der Waals surface area contributed by atoms with E-state index in [1.807, 2.05) is 6.07 Å². The van der Waals surface area contributed by atoms with Crippen LogP contribution < -0.4 is 5.32 Å². The highest BCUT2D eigenvalue weighted by molar-refractivity contribution is 7.13. The molecule has 5 nitrogen and oxygen atoms in total. The molecule has 0 radical (unpaired) electrons. The van der Waals surface area contributed by atoms with Crippen LogP contribution in [0.5, 0.6) is 0 Å². The summed E-state index contributed by atoms with van der Waals surface area (Å²) in [6, 6.07) is 3.61. The van der Waals surface area contributed by atoms with Crippen LogP contribution in [0.15, 0.2) is 28.2 Å². The topological polar surface area (TPSA) is 75.4 Å². The molecule has 3 rings (SSSR count). The number of thiazole rings is 1. The highest BCUT2D eigenvalue weighted by Gasteiger charge is 2.33. The van der Waals surface area contributed by atoms with E-state index in [4.69, 9.17) is 4.42 Å². The van der Waals surface area contributed by atoms with Crippen molar-refractivity contribution in [3.63, 3.8) is 0 Å². The first-order chi connectivity index (χ1) is 10.2. The molecule has 0 saturated heterocycles. The Kier molecular flexibility index (Phi) is 4.07. The number of hydrogen-bond donors (Lipinski definition) is 2. The number of amides is 1. The molecule has 1 fully saturated rings. The molecule has 6 heteroatoms. The highest BCUT2D eigenvalue weighted by atomic mass is 32.1. The van der Waals surface area contributed by atoms with Crippen LogP contribution in [-0.2, 0) is 0 Å². The summed E-state index contributed by atoms with van der Waals surface area (Å²) in [5, 5.41) is 15.0. The van der Waals surface area contributed by atoms with Crippen LogP contribution in [0.25, 0.3) is 10.8 Å². The van der Waals surface area contributed by atoms with Crippen LogP contribution in [0, 0.1) is 0 Å². The molecule has 0 atom stereocenters. The maximum atomic E-state index is 12.4. The zero-order chi connectivity index (χ0) is 14.7. The molecule has 1 aliphatic carbocycles. The van der Waals surface area contributed by atoms with Crippen molar-refractivity contribution in [2.75, 3.05) is 6.61 Å². The molecular formula is C15H18N2O3S. The number of hydrogen-bond acceptors (Lipinski definition) is 5. The molecule has 2 aromatic heterocycles. The molecule has 0 aromatic carbocycles. The minimum atomic E-state index is -0.482. The number of carbonyl (C=O) groups excluding carboxylic acids is 1. The van der Waals surface area contributed by atoms with Gasteiger partial charge in [0.1, 0.15) is 5.69 Å². The summed E-state index contributed by atoms with van der Waals surface area (Å²) in [5.74, 6) is 0.439. The van der Waals surface area contributed by atoms with Crippen molar-refractivity contribution in [3.05, 3.63) is 29.5 Å². The molecule has 0 bridgehead atoms. The van der Waals surface area contributed by atoms with E-state index in [1.54, 1.807) is 17.7 Å². The van der Waals surface area contributed by atoms with Crippen LogP contribution in [0.4, 0.5) is 0 Å². The van der Waals surface area contributed by atoms with Crippen LogP contribution in [0.3, 0.4) is 0 Å². The van der Waals surface area contributed by atoms with Gasteiger partial charge in [-0.2, -0.15) is 0 Å². The molecule has 1 saturated carbocycles. The van der Waals surface area contributed by atoms with Gasteiger partial charge in [0.25, 0.3) is 5.91 Å². The number of furan rings is 1. The molecule has 2 N–H and O–H groups in total. The Labute approximate surface area is 127 Å². The van der Waals surface area contributed by atoms with E-state index >= 15 is 0 Å². The quantitative estimate of drug-likeness (QED) is 0.910. The van der Waals surface area contributed by atoms with E-state index in [1.165, 1.54) is 11.3 Å². The third kappa shape index (κ3) is 3.01. The standard InChI is InChI=1S/C15H18N2O3S/c18-10-15(6-2-1-3-7-15)17-13(19)11-9-21-14(16-11)12-5-4-8-20-12/h4-5,8-9,18H,1-3,6-7,10H2,(H,17,19). The number of carbonyl (C=O) groups is 1. The lowest BCUT2D eigenvalue weighted by molar-refractivity contribution is 0.0754. The van der Waals surface area contributed by atoms with Crippen molar-refractivity contribution in [1.29, 1.82) is 0 Å². The SMILES string of the molecule is O=C(NC1(CO)CCCCC1)c1csc(-c2ccco2)n1. The van der Waals surface area contributed by atoms with E-state index in [2.05, 4.69) is 10.3 Å². The van der Waals surface area contributed by atoms with Crippen molar-refractivity contribution in [2.24, 2.45) is 0 Å². The Morgan fingerprint density at radius 2 is 2.24 bits per heavy atom. The first kappa shape index (κ1) is 14.3. The maximum absolute atomic E-state index is 12.4. The number of aliphatic hydroxyl groups is 1. The Morgan fingerprint density at radius 1 is 1.43 bits per heavy atom. The van der Waals surface area contributed by atoms with Crippen molar-refractivity contribution < 1.29 is 14.3 Å². The highest BCUT2D eigenvalue weighted by Crippen LogP contribution is 2.29. The Balaban J connectivity index is 1.73. The molecule has 21 heavy (non-hydrogen) atoms. The average molecular weight is 306 g/mol. The third-order valence-electron chi connectivity index (χ3n) is 3.96. The van der Waals surface area contributed by atoms with E-state index in [-0.39, 0.29) is 12.5 Å². The number of nitrogens with one attached hydrogen (secondary N) is 1. The molecule has 112 valence electrons. The third-order valence-corrected chi connectivity index (χ3v) is 4.82. The lowest BCUT2D eigenvalue weighted by Crippen LogP contribution is -2.52. The minimum absolute atomic E-state index is 0.0199. The van der Waals surface area contributed by atoms with Gasteiger partial charge in [-0.05, 0) is 25.0 Å². The number of rotatable bonds is 4. The van der Waals surface area contributed by atoms with Crippen molar-refractivity contribution in [2.45, 2.75) is 37.6 Å². The van der Waals surface area contributed by atoms with Crippen LogP contribution >= 0.6 is 11.3 Å². The van der Waals surface area contributed by atoms with Crippen molar-refractivity contribution in [3.8, 4) is 10.8 Å². The lowest BCUT2D eigenvalue weighted by Gasteiger charge is -2.36. The van der Waals surface area contributed by atoms with Gasteiger partial charge in [-0.1, -0.05) is 19.3 Å². The van der Waals surface area contributed by atoms with Gasteiger partial charge in [-0.25, -0.2) is 4.98 Å². The predicted octanol–water partition coefficient (Wildman–Crippen LogP) is 2.83. The van der Waals surface area contributed by atoms with E-state index < -0.39 is 5.54 Å². The fourth-order valence-electron chi connectivity index (χ4n) is 2.75. The zero-order valence-corrected chi connectivity index (χ0v) is 12.5. The van der Waals surface area contributed by atoms with Gasteiger partial charge in [-0.15, -0.1) is 11.3 Å². The Bertz CT molecular complexity index is 600. The van der Waals surface area contributed by atoms with Crippen LogP contribution in [-0.4, -0.2) is 28.1 Å². The van der Waals surface area contributed by atoms with Gasteiger partial charge in [-0.3, -0.25) is 4.79 Å². The van der Waals surface area contributed by atoms with E-state index in [9.17, 15) is 9.90 Å². The molecular weight excluding hydrogens is 288 g/mol. The second kappa shape index (κ2) is 5.99. The van der Waals surface area contributed by atoms with Crippen LogP contribution in [0.2, 0.25) is 0 Å². The number of nitrogens with zero attached hydrogens (tertiary/aromatic N) is 1. The largest absolute Gasteiger partial charge is 0.462 e. The van der Waals surface area contributed by atoms with E-state index in [0.717, 1.165) is 32.1 Å². The van der Waals surface area contributed by atoms with Gasteiger partial charge < -0.3 is 14.8 Å². The second-order valence-electron chi connectivity index (χ2n) is 5.47. The monoisotopic (exact) mass is 306 g/mol. The zero-order valence-electron chi connectivity index (χ0n) is 11.7. The summed E-state index contributed by atoms with van der Waals surface area (Å²) in [7, 11) is 0. The number of aliphatic hydroxyl groups excluding tert-OH is 1. The average Bonchev–Trinajstić information content (AvgIpc) is 3.19. The summed E-state index contributed by atoms with van der Waals surface area (Å²) >= 11 is 1.38. The summed E-state index contributed by atoms with van der Waals surface area (Å²) < 4.78 is 5.28. The molecule has 0 spiro atoms. The fourth-order valence-corrected chi connectivity index (χ4v) is 3.51. The Morgan fingerprint density at radius 3 is 2.90 bits per heavy atom. The first-order valence-electron chi connectivity index (χ1n) is 7.15. The van der Waals surface area contributed by atoms with Gasteiger partial charge >= 0.3 is 0 Å². The summed E-state index contributed by atoms with van der Waals surface area (Å²) in [5.41, 5.74) is -0.103. The van der Waals surface area contributed by atoms with Gasteiger partial charge in [0.05, 0.1) is 18.4 Å². The van der Waals surface area contributed by atoms with Crippen LogP contribution in [0.1, 0.15) is 42.6 Å². The molecule has 0 unspecified atom stereocenters. The van der Waals surface area contributed by atoms with Crippen molar-refractivity contribution in [1.82, 2.24) is 10.3 Å². The summed E-state index contributed by atoms with van der Waals surface area (Å²) in [6.07, 6.45) is 6.47. The summed E-state index contributed by atoms with van der Waals surface area (Å²) in [4.78, 5) is 16.7. The normalized spacial score (nSPS) is 17.6. The smallest absolute Gasteiger partial charge is 0.271 e. The fraction of sp³-hybridized carbons (Fsp3) is 0.467. The Hall–Kier alpha value is -1.66. The van der Waals surface area contributed by atoms with Crippen molar-refractivity contribution >= 4 is 17.2 Å².